The number of pyridine rings is 1. The maximum Gasteiger partial charge on any atom is 0.129 e. The van der Waals surface area contributed by atoms with E-state index >= 15 is 0 Å². The quantitative estimate of drug-likeness (QED) is 0.674. The van der Waals surface area contributed by atoms with E-state index < -0.39 is 0 Å². The first-order valence-electron chi connectivity index (χ1n) is 8.27. The number of anilines is 1. The van der Waals surface area contributed by atoms with Gasteiger partial charge in [0.15, 0.2) is 0 Å². The van der Waals surface area contributed by atoms with Crippen LogP contribution in [0.15, 0.2) is 36.8 Å². The summed E-state index contributed by atoms with van der Waals surface area (Å²) >= 11 is 6.15. The molecule has 6 heteroatoms. The van der Waals surface area contributed by atoms with Crippen molar-refractivity contribution >= 4 is 28.1 Å². The third kappa shape index (κ3) is 2.35. The highest BCUT2D eigenvalue weighted by Crippen LogP contribution is 2.40. The Morgan fingerprint density at radius 3 is 2.75 bits per heavy atom. The van der Waals surface area contributed by atoms with Gasteiger partial charge >= 0.3 is 0 Å². The number of benzene rings is 1. The molecule has 0 aliphatic carbocycles. The molecule has 1 fully saturated rings. The van der Waals surface area contributed by atoms with Gasteiger partial charge in [0, 0.05) is 30.0 Å². The van der Waals surface area contributed by atoms with Crippen molar-refractivity contribution in [1.29, 1.82) is 0 Å². The van der Waals surface area contributed by atoms with E-state index in [0.29, 0.717) is 23.2 Å². The predicted octanol–water partition coefficient (Wildman–Crippen LogP) is 4.05. The Bertz CT molecular complexity index is 875. The van der Waals surface area contributed by atoms with Gasteiger partial charge in [-0.1, -0.05) is 36.7 Å². The minimum absolute atomic E-state index is 0.354. The fourth-order valence-electron chi connectivity index (χ4n) is 3.58. The molecule has 3 aromatic rings. The summed E-state index contributed by atoms with van der Waals surface area (Å²) in [6, 6.07) is 7.12. The molecule has 0 radical (unpaired) electrons. The van der Waals surface area contributed by atoms with Crippen LogP contribution in [-0.4, -0.2) is 32.6 Å². The van der Waals surface area contributed by atoms with Gasteiger partial charge in [0.05, 0.1) is 18.3 Å². The molecule has 2 atom stereocenters. The van der Waals surface area contributed by atoms with E-state index in [1.54, 1.807) is 6.20 Å². The first-order chi connectivity index (χ1) is 11.6. The smallest absolute Gasteiger partial charge is 0.129 e. The van der Waals surface area contributed by atoms with Crippen LogP contribution >= 0.6 is 11.6 Å². The number of nitrogens with zero attached hydrogens (tertiary/aromatic N) is 5. The second-order valence-corrected chi connectivity index (χ2v) is 7.11. The predicted molar refractivity (Wildman–Crippen MR) is 96.7 cm³/mol. The summed E-state index contributed by atoms with van der Waals surface area (Å²) in [7, 11) is 0. The van der Waals surface area contributed by atoms with E-state index in [1.807, 2.05) is 23.1 Å². The highest BCUT2D eigenvalue weighted by atomic mass is 35.5. The molecule has 3 heterocycles. The number of fused-ring (bicyclic) bond motifs is 1. The summed E-state index contributed by atoms with van der Waals surface area (Å²) in [4.78, 5) is 6.71. The van der Waals surface area contributed by atoms with E-state index in [9.17, 15) is 0 Å². The van der Waals surface area contributed by atoms with Crippen molar-refractivity contribution in [3.8, 4) is 0 Å². The lowest BCUT2D eigenvalue weighted by atomic mass is 9.92. The van der Waals surface area contributed by atoms with Crippen LogP contribution in [0.1, 0.15) is 38.3 Å². The van der Waals surface area contributed by atoms with Crippen LogP contribution in [0, 0.1) is 0 Å². The van der Waals surface area contributed by atoms with Crippen molar-refractivity contribution in [2.45, 2.75) is 38.8 Å². The number of aromatic nitrogens is 4. The normalized spacial score (nSPS) is 20.6. The van der Waals surface area contributed by atoms with E-state index in [2.05, 4.69) is 53.1 Å². The number of hydrogen-bond acceptors (Lipinski definition) is 4. The molecule has 1 saturated heterocycles. The molecule has 1 aromatic carbocycles. The molecule has 0 N–H and O–H groups in total. The topological polar surface area (TPSA) is 46.8 Å². The maximum atomic E-state index is 6.15. The molecule has 0 saturated carbocycles. The summed E-state index contributed by atoms with van der Waals surface area (Å²) in [5, 5.41) is 11.0. The van der Waals surface area contributed by atoms with Crippen molar-refractivity contribution in [2.24, 2.45) is 0 Å². The van der Waals surface area contributed by atoms with Crippen LogP contribution in [0.3, 0.4) is 0 Å². The molecule has 0 unspecified atom stereocenters. The van der Waals surface area contributed by atoms with Gasteiger partial charge in [0.1, 0.15) is 5.15 Å². The zero-order chi connectivity index (χ0) is 16.8. The number of halogens is 1. The Morgan fingerprint density at radius 1 is 1.25 bits per heavy atom. The Morgan fingerprint density at radius 2 is 2.08 bits per heavy atom. The molecule has 24 heavy (non-hydrogen) atoms. The molecule has 0 spiro atoms. The van der Waals surface area contributed by atoms with Gasteiger partial charge in [-0.05, 0) is 35.9 Å². The molecule has 1 aliphatic rings. The van der Waals surface area contributed by atoms with Gasteiger partial charge < -0.3 is 4.90 Å². The number of rotatable bonds is 3. The van der Waals surface area contributed by atoms with Crippen LogP contribution in [-0.2, 0) is 0 Å². The van der Waals surface area contributed by atoms with Crippen LogP contribution < -0.4 is 4.90 Å². The van der Waals surface area contributed by atoms with Gasteiger partial charge in [-0.2, -0.15) is 0 Å². The Kier molecular flexibility index (Phi) is 3.68. The highest BCUT2D eigenvalue weighted by molar-refractivity contribution is 6.30. The van der Waals surface area contributed by atoms with Crippen molar-refractivity contribution < 1.29 is 0 Å². The van der Waals surface area contributed by atoms with Crippen LogP contribution in [0.5, 0.6) is 0 Å². The van der Waals surface area contributed by atoms with E-state index in [1.165, 1.54) is 16.6 Å². The molecule has 124 valence electrons. The van der Waals surface area contributed by atoms with Gasteiger partial charge in [-0.25, -0.2) is 9.67 Å². The van der Waals surface area contributed by atoms with Gasteiger partial charge in [0.25, 0.3) is 0 Å². The third-order valence-electron chi connectivity index (χ3n) is 5.02. The first-order valence-corrected chi connectivity index (χ1v) is 8.64. The fraction of sp³-hybridized carbons (Fsp3) is 0.389. The molecule has 0 bridgehead atoms. The fourth-order valence-corrected chi connectivity index (χ4v) is 3.74. The van der Waals surface area contributed by atoms with Crippen molar-refractivity contribution in [3.63, 3.8) is 0 Å². The second-order valence-electron chi connectivity index (χ2n) is 6.72. The standard InChI is InChI=1S/C18H20ClN5/c1-11(2)13-4-5-16(15-9-20-18(19)8-14(13)15)23-10-17(12(23)3)24-7-6-21-22-24/h4-9,11-12,17H,10H2,1-3H3/t12-,17+/m1/s1. The summed E-state index contributed by atoms with van der Waals surface area (Å²) in [5.74, 6) is 0.441. The first kappa shape index (κ1) is 15.4. The van der Waals surface area contributed by atoms with Crippen molar-refractivity contribution in [3.05, 3.63) is 47.5 Å². The average Bonchev–Trinajstić information content (AvgIpc) is 3.06. The Balaban J connectivity index is 1.75. The lowest BCUT2D eigenvalue weighted by molar-refractivity contribution is 0.283. The van der Waals surface area contributed by atoms with Gasteiger partial charge in [-0.3, -0.25) is 0 Å². The monoisotopic (exact) mass is 341 g/mol. The lowest BCUT2D eigenvalue weighted by Gasteiger charge is -2.48. The highest BCUT2D eigenvalue weighted by Gasteiger charge is 2.38. The van der Waals surface area contributed by atoms with E-state index in [0.717, 1.165) is 11.9 Å². The van der Waals surface area contributed by atoms with E-state index in [-0.39, 0.29) is 0 Å². The largest absolute Gasteiger partial charge is 0.364 e. The minimum atomic E-state index is 0.354. The maximum absolute atomic E-state index is 6.15. The summed E-state index contributed by atoms with van der Waals surface area (Å²) in [5.41, 5.74) is 2.52. The third-order valence-corrected chi connectivity index (χ3v) is 5.23. The SMILES string of the molecule is CC(C)c1ccc(N2C[C@H](n3ccnn3)[C@H]2C)c2cnc(Cl)cc12. The van der Waals surface area contributed by atoms with Crippen LogP contribution in [0.25, 0.3) is 10.8 Å². The molecule has 5 nitrogen and oxygen atoms in total. The Hall–Kier alpha value is -2.14. The Labute approximate surface area is 146 Å². The van der Waals surface area contributed by atoms with Gasteiger partial charge in [-0.15, -0.1) is 5.10 Å². The van der Waals surface area contributed by atoms with Crippen molar-refractivity contribution in [2.75, 3.05) is 11.4 Å². The zero-order valence-corrected chi connectivity index (χ0v) is 14.8. The van der Waals surface area contributed by atoms with Crippen LogP contribution in [0.2, 0.25) is 5.15 Å². The van der Waals surface area contributed by atoms with Crippen molar-refractivity contribution in [1.82, 2.24) is 20.0 Å². The van der Waals surface area contributed by atoms with Gasteiger partial charge in [0.2, 0.25) is 0 Å². The number of hydrogen-bond donors (Lipinski definition) is 0. The van der Waals surface area contributed by atoms with E-state index in [4.69, 9.17) is 11.6 Å². The molecule has 2 aromatic heterocycles. The summed E-state index contributed by atoms with van der Waals surface area (Å²) < 4.78 is 1.95. The summed E-state index contributed by atoms with van der Waals surface area (Å²) in [6.45, 7) is 7.55. The second kappa shape index (κ2) is 5.74. The van der Waals surface area contributed by atoms with Crippen LogP contribution in [0.4, 0.5) is 5.69 Å². The minimum Gasteiger partial charge on any atom is -0.364 e. The summed E-state index contributed by atoms with van der Waals surface area (Å²) in [6.07, 6.45) is 5.56. The molecule has 1 aliphatic heterocycles. The molecular formula is C18H20ClN5. The average molecular weight is 342 g/mol. The lowest BCUT2D eigenvalue weighted by Crippen LogP contribution is -2.55. The molecule has 0 amide bonds. The molecule has 4 rings (SSSR count). The zero-order valence-electron chi connectivity index (χ0n) is 14.0. The molecular weight excluding hydrogens is 322 g/mol.